The number of benzene rings is 1. The SMILES string of the molecule is CC(C)(C)OC(=O)N1CCCC1(CNCCO)c1ccccc1. The van der Waals surface area contributed by atoms with Gasteiger partial charge in [0.15, 0.2) is 0 Å². The fourth-order valence-electron chi connectivity index (χ4n) is 3.17. The highest BCUT2D eigenvalue weighted by Crippen LogP contribution is 2.39. The molecule has 1 aromatic rings. The highest BCUT2D eigenvalue weighted by atomic mass is 16.6. The largest absolute Gasteiger partial charge is 0.444 e. The lowest BCUT2D eigenvalue weighted by molar-refractivity contribution is 0.00672. The average molecular weight is 320 g/mol. The molecule has 0 bridgehead atoms. The van der Waals surface area contributed by atoms with Gasteiger partial charge in [0.05, 0.1) is 12.1 Å². The van der Waals surface area contributed by atoms with E-state index < -0.39 is 11.1 Å². The van der Waals surface area contributed by atoms with Crippen molar-refractivity contribution >= 4 is 6.09 Å². The van der Waals surface area contributed by atoms with Crippen LogP contribution in [0.5, 0.6) is 0 Å². The van der Waals surface area contributed by atoms with Gasteiger partial charge in [0.2, 0.25) is 0 Å². The first-order chi connectivity index (χ1) is 10.9. The molecule has 2 rings (SSSR count). The molecule has 1 aliphatic heterocycles. The number of amides is 1. The summed E-state index contributed by atoms with van der Waals surface area (Å²) in [4.78, 5) is 14.6. The molecule has 1 amide bonds. The van der Waals surface area contributed by atoms with Gasteiger partial charge in [0, 0.05) is 19.6 Å². The van der Waals surface area contributed by atoms with Gasteiger partial charge in [-0.3, -0.25) is 4.90 Å². The molecule has 1 heterocycles. The van der Waals surface area contributed by atoms with E-state index in [9.17, 15) is 4.79 Å². The fraction of sp³-hybridized carbons (Fsp3) is 0.611. The number of likely N-dealkylation sites (tertiary alicyclic amines) is 1. The average Bonchev–Trinajstić information content (AvgIpc) is 2.92. The Hall–Kier alpha value is -1.59. The maximum atomic E-state index is 12.7. The van der Waals surface area contributed by atoms with E-state index in [4.69, 9.17) is 9.84 Å². The molecule has 23 heavy (non-hydrogen) atoms. The Morgan fingerprint density at radius 2 is 2.04 bits per heavy atom. The van der Waals surface area contributed by atoms with Crippen LogP contribution in [0.25, 0.3) is 0 Å². The van der Waals surface area contributed by atoms with E-state index in [-0.39, 0.29) is 12.7 Å². The van der Waals surface area contributed by atoms with Gasteiger partial charge in [-0.1, -0.05) is 30.3 Å². The minimum atomic E-state index is -0.513. The summed E-state index contributed by atoms with van der Waals surface area (Å²) in [6, 6.07) is 10.1. The maximum absolute atomic E-state index is 12.7. The minimum absolute atomic E-state index is 0.0807. The number of carbonyl (C=O) groups excluding carboxylic acids is 1. The molecule has 0 aliphatic carbocycles. The van der Waals surface area contributed by atoms with Gasteiger partial charge < -0.3 is 15.2 Å². The lowest BCUT2D eigenvalue weighted by Gasteiger charge is -2.40. The molecule has 1 unspecified atom stereocenters. The summed E-state index contributed by atoms with van der Waals surface area (Å²) in [5.74, 6) is 0. The number of aliphatic hydroxyl groups is 1. The Morgan fingerprint density at radius 1 is 1.35 bits per heavy atom. The van der Waals surface area contributed by atoms with E-state index in [2.05, 4.69) is 17.4 Å². The van der Waals surface area contributed by atoms with Crippen molar-refractivity contribution in [3.63, 3.8) is 0 Å². The number of nitrogens with one attached hydrogen (secondary N) is 1. The van der Waals surface area contributed by atoms with Gasteiger partial charge in [0.1, 0.15) is 5.60 Å². The van der Waals surface area contributed by atoms with Crippen molar-refractivity contribution in [2.45, 2.75) is 44.8 Å². The number of nitrogens with zero attached hydrogens (tertiary/aromatic N) is 1. The molecule has 1 saturated heterocycles. The van der Waals surface area contributed by atoms with Crippen LogP contribution >= 0.6 is 0 Å². The molecular formula is C18H28N2O3. The number of rotatable bonds is 5. The zero-order valence-electron chi connectivity index (χ0n) is 14.3. The first-order valence-corrected chi connectivity index (χ1v) is 8.27. The minimum Gasteiger partial charge on any atom is -0.444 e. The van der Waals surface area contributed by atoms with Gasteiger partial charge in [0.25, 0.3) is 0 Å². The van der Waals surface area contributed by atoms with Crippen molar-refractivity contribution in [3.8, 4) is 0 Å². The Morgan fingerprint density at radius 3 is 2.65 bits per heavy atom. The normalized spacial score (nSPS) is 21.5. The van der Waals surface area contributed by atoms with E-state index in [1.165, 1.54) is 0 Å². The van der Waals surface area contributed by atoms with Crippen molar-refractivity contribution in [3.05, 3.63) is 35.9 Å². The molecule has 1 aromatic carbocycles. The number of hydrogen-bond donors (Lipinski definition) is 2. The molecule has 0 radical (unpaired) electrons. The molecule has 1 fully saturated rings. The van der Waals surface area contributed by atoms with Gasteiger partial charge in [-0.25, -0.2) is 4.79 Å². The van der Waals surface area contributed by atoms with Gasteiger partial charge in [-0.15, -0.1) is 0 Å². The van der Waals surface area contributed by atoms with E-state index in [0.717, 1.165) is 18.4 Å². The topological polar surface area (TPSA) is 61.8 Å². The van der Waals surface area contributed by atoms with Crippen molar-refractivity contribution in [2.75, 3.05) is 26.2 Å². The quantitative estimate of drug-likeness (QED) is 0.818. The van der Waals surface area contributed by atoms with E-state index in [1.54, 1.807) is 0 Å². The predicted molar refractivity (Wildman–Crippen MR) is 90.2 cm³/mol. The number of aliphatic hydroxyl groups excluding tert-OH is 1. The van der Waals surface area contributed by atoms with Crippen LogP contribution in [0.1, 0.15) is 39.2 Å². The number of hydrogen-bond acceptors (Lipinski definition) is 4. The van der Waals surface area contributed by atoms with E-state index >= 15 is 0 Å². The Kier molecular flexibility index (Phi) is 5.65. The molecular weight excluding hydrogens is 292 g/mol. The van der Waals surface area contributed by atoms with E-state index in [1.807, 2.05) is 43.9 Å². The van der Waals surface area contributed by atoms with Crippen LogP contribution in [-0.4, -0.2) is 47.9 Å². The smallest absolute Gasteiger partial charge is 0.411 e. The highest BCUT2D eigenvalue weighted by molar-refractivity contribution is 5.70. The van der Waals surface area contributed by atoms with Gasteiger partial charge >= 0.3 is 6.09 Å². The van der Waals surface area contributed by atoms with Crippen LogP contribution < -0.4 is 5.32 Å². The highest BCUT2D eigenvalue weighted by Gasteiger charge is 2.46. The summed E-state index contributed by atoms with van der Waals surface area (Å²) in [5, 5.41) is 12.3. The van der Waals surface area contributed by atoms with Crippen molar-refractivity contribution in [1.29, 1.82) is 0 Å². The Bertz CT molecular complexity index is 513. The summed E-state index contributed by atoms with van der Waals surface area (Å²) in [6.07, 6.45) is 1.55. The molecule has 2 N–H and O–H groups in total. The summed E-state index contributed by atoms with van der Waals surface area (Å²) < 4.78 is 5.61. The van der Waals surface area contributed by atoms with Gasteiger partial charge in [-0.05, 0) is 39.2 Å². The third-order valence-electron chi connectivity index (χ3n) is 4.12. The van der Waals surface area contributed by atoms with Gasteiger partial charge in [-0.2, -0.15) is 0 Å². The molecule has 0 aromatic heterocycles. The summed E-state index contributed by atoms with van der Waals surface area (Å²) in [7, 11) is 0. The lowest BCUT2D eigenvalue weighted by Crippen LogP contribution is -2.52. The van der Waals surface area contributed by atoms with Crippen LogP contribution in [0.3, 0.4) is 0 Å². The molecule has 5 heteroatoms. The first kappa shape index (κ1) is 17.8. The molecule has 1 atom stereocenters. The second-order valence-corrected chi connectivity index (χ2v) is 7.03. The zero-order valence-corrected chi connectivity index (χ0v) is 14.3. The van der Waals surface area contributed by atoms with Crippen LogP contribution in [0.15, 0.2) is 30.3 Å². The number of carbonyl (C=O) groups is 1. The van der Waals surface area contributed by atoms with Crippen LogP contribution in [0.2, 0.25) is 0 Å². The molecule has 5 nitrogen and oxygen atoms in total. The zero-order chi connectivity index (χ0) is 16.9. The molecule has 0 spiro atoms. The second kappa shape index (κ2) is 7.32. The molecule has 1 aliphatic rings. The fourth-order valence-corrected chi connectivity index (χ4v) is 3.17. The van der Waals surface area contributed by atoms with Crippen LogP contribution in [-0.2, 0) is 10.3 Å². The lowest BCUT2D eigenvalue weighted by atomic mass is 9.87. The maximum Gasteiger partial charge on any atom is 0.411 e. The third-order valence-corrected chi connectivity index (χ3v) is 4.12. The van der Waals surface area contributed by atoms with Crippen molar-refractivity contribution < 1.29 is 14.6 Å². The van der Waals surface area contributed by atoms with Crippen LogP contribution in [0.4, 0.5) is 4.79 Å². The number of ether oxygens (including phenoxy) is 1. The predicted octanol–water partition coefficient (Wildman–Crippen LogP) is 2.49. The molecule has 0 saturated carbocycles. The Labute approximate surface area is 138 Å². The Balaban J connectivity index is 2.29. The van der Waals surface area contributed by atoms with Crippen molar-refractivity contribution in [2.24, 2.45) is 0 Å². The standard InChI is InChI=1S/C18H28N2O3/c1-17(2,3)23-16(22)20-12-7-10-18(20,14-19-11-13-21)15-8-5-4-6-9-15/h4-6,8-9,19,21H,7,10-14H2,1-3H3. The van der Waals surface area contributed by atoms with Crippen molar-refractivity contribution in [1.82, 2.24) is 10.2 Å². The third kappa shape index (κ3) is 4.24. The molecule has 128 valence electrons. The summed E-state index contributed by atoms with van der Waals surface area (Å²) in [5.41, 5.74) is 0.174. The first-order valence-electron chi connectivity index (χ1n) is 8.27. The second-order valence-electron chi connectivity index (χ2n) is 7.03. The summed E-state index contributed by atoms with van der Waals surface area (Å²) >= 11 is 0. The monoisotopic (exact) mass is 320 g/mol. The summed E-state index contributed by atoms with van der Waals surface area (Å²) in [6.45, 7) is 7.54. The van der Waals surface area contributed by atoms with Crippen LogP contribution in [0, 0.1) is 0 Å². The van der Waals surface area contributed by atoms with E-state index in [0.29, 0.717) is 19.6 Å².